The number of amides is 1. The molecule has 0 aliphatic carbocycles. The van der Waals surface area contributed by atoms with E-state index in [1.807, 2.05) is 0 Å². The predicted molar refractivity (Wildman–Crippen MR) is 52.3 cm³/mol. The van der Waals surface area contributed by atoms with Gasteiger partial charge in [0.1, 0.15) is 5.82 Å². The van der Waals surface area contributed by atoms with Gasteiger partial charge in [0.25, 0.3) is 0 Å². The summed E-state index contributed by atoms with van der Waals surface area (Å²) in [5, 5.41) is 2.19. The van der Waals surface area contributed by atoms with Crippen LogP contribution in [0.3, 0.4) is 0 Å². The number of nitrogens with one attached hydrogen (secondary N) is 1. The number of nitrogens with two attached hydrogens (primary N) is 1. The summed E-state index contributed by atoms with van der Waals surface area (Å²) in [5.41, 5.74) is 3.68. The average molecular weight is 250 g/mol. The van der Waals surface area contributed by atoms with Gasteiger partial charge in [0, 0.05) is 6.54 Å². The molecule has 0 heterocycles. The van der Waals surface area contributed by atoms with Crippen molar-refractivity contribution >= 4 is 5.91 Å². The Morgan fingerprint density at radius 3 is 2.53 bits per heavy atom. The van der Waals surface area contributed by atoms with Gasteiger partial charge in [-0.3, -0.25) is 4.79 Å². The van der Waals surface area contributed by atoms with Gasteiger partial charge in [0.2, 0.25) is 5.91 Å². The molecular formula is C10H10F4N2O. The molecule has 0 aromatic heterocycles. The summed E-state index contributed by atoms with van der Waals surface area (Å²) in [7, 11) is 0. The van der Waals surface area contributed by atoms with E-state index in [0.29, 0.717) is 6.07 Å². The second-order valence-corrected chi connectivity index (χ2v) is 3.28. The first-order valence-electron chi connectivity index (χ1n) is 4.67. The van der Waals surface area contributed by atoms with Crippen molar-refractivity contribution in [3.05, 3.63) is 35.1 Å². The molecule has 0 radical (unpaired) electrons. The zero-order chi connectivity index (χ0) is 13.1. The van der Waals surface area contributed by atoms with Crippen LogP contribution in [0.1, 0.15) is 11.1 Å². The molecule has 0 aliphatic rings. The van der Waals surface area contributed by atoms with E-state index in [1.165, 1.54) is 0 Å². The quantitative estimate of drug-likeness (QED) is 0.797. The van der Waals surface area contributed by atoms with Crippen LogP contribution in [0.25, 0.3) is 0 Å². The molecular weight excluding hydrogens is 240 g/mol. The van der Waals surface area contributed by atoms with Gasteiger partial charge in [-0.1, -0.05) is 6.07 Å². The third-order valence-electron chi connectivity index (χ3n) is 2.04. The Morgan fingerprint density at radius 2 is 2.00 bits per heavy atom. The maximum atomic E-state index is 12.7. The van der Waals surface area contributed by atoms with Gasteiger partial charge in [0.15, 0.2) is 0 Å². The molecule has 0 aliphatic heterocycles. The fraction of sp³-hybridized carbons (Fsp3) is 0.300. The third-order valence-corrected chi connectivity index (χ3v) is 2.04. The number of hydrogen-bond donors (Lipinski definition) is 2. The van der Waals surface area contributed by atoms with Crippen molar-refractivity contribution < 1.29 is 22.4 Å². The number of carbonyl (C=O) groups excluding carboxylic acids is 1. The molecule has 94 valence electrons. The van der Waals surface area contributed by atoms with Crippen LogP contribution in [-0.4, -0.2) is 12.5 Å². The highest BCUT2D eigenvalue weighted by atomic mass is 19.4. The lowest BCUT2D eigenvalue weighted by Crippen LogP contribution is -2.30. The van der Waals surface area contributed by atoms with Crippen molar-refractivity contribution in [3.8, 4) is 0 Å². The molecule has 1 aromatic rings. The topological polar surface area (TPSA) is 55.1 Å². The van der Waals surface area contributed by atoms with Crippen molar-refractivity contribution in [2.75, 3.05) is 6.54 Å². The van der Waals surface area contributed by atoms with Crippen LogP contribution >= 0.6 is 0 Å². The fourth-order valence-electron chi connectivity index (χ4n) is 1.23. The normalized spacial score (nSPS) is 11.4. The van der Waals surface area contributed by atoms with Gasteiger partial charge in [-0.25, -0.2) is 4.39 Å². The number of carbonyl (C=O) groups is 1. The maximum Gasteiger partial charge on any atom is 0.416 e. The molecule has 3 nitrogen and oxygen atoms in total. The highest BCUT2D eigenvalue weighted by Gasteiger charge is 2.33. The zero-order valence-corrected chi connectivity index (χ0v) is 8.64. The Balaban J connectivity index is 2.95. The first-order valence-corrected chi connectivity index (χ1v) is 4.67. The Kier molecular flexibility index (Phi) is 4.06. The molecule has 17 heavy (non-hydrogen) atoms. The van der Waals surface area contributed by atoms with Crippen molar-refractivity contribution in [2.24, 2.45) is 5.73 Å². The standard InChI is InChI=1S/C10H10F4N2O/c11-7-2-1-6(5-16-9(17)4-15)8(3-7)10(12,13)14/h1-3H,4-5,15H2,(H,16,17). The summed E-state index contributed by atoms with van der Waals surface area (Å²) in [4.78, 5) is 10.8. The van der Waals surface area contributed by atoms with E-state index >= 15 is 0 Å². The SMILES string of the molecule is NCC(=O)NCc1ccc(F)cc1C(F)(F)F. The van der Waals surface area contributed by atoms with Crippen LogP contribution in [0.2, 0.25) is 0 Å². The predicted octanol–water partition coefficient (Wildman–Crippen LogP) is 1.42. The molecule has 0 spiro atoms. The van der Waals surface area contributed by atoms with Gasteiger partial charge in [0.05, 0.1) is 12.1 Å². The van der Waals surface area contributed by atoms with Gasteiger partial charge in [-0.2, -0.15) is 13.2 Å². The molecule has 1 amide bonds. The van der Waals surface area contributed by atoms with Gasteiger partial charge >= 0.3 is 6.18 Å². The Labute approximate surface area is 94.6 Å². The van der Waals surface area contributed by atoms with Gasteiger partial charge < -0.3 is 11.1 Å². The number of alkyl halides is 3. The minimum absolute atomic E-state index is 0.208. The number of benzene rings is 1. The number of halogens is 4. The van der Waals surface area contributed by atoms with Crippen LogP contribution in [0, 0.1) is 5.82 Å². The lowest BCUT2D eigenvalue weighted by atomic mass is 10.1. The van der Waals surface area contributed by atoms with Gasteiger partial charge in [-0.15, -0.1) is 0 Å². The molecule has 1 rings (SSSR count). The van der Waals surface area contributed by atoms with E-state index in [2.05, 4.69) is 5.32 Å². The Bertz CT molecular complexity index is 417. The molecule has 0 saturated heterocycles. The monoisotopic (exact) mass is 250 g/mol. The van der Waals surface area contributed by atoms with E-state index in [1.54, 1.807) is 0 Å². The number of hydrogen-bond acceptors (Lipinski definition) is 2. The first-order chi connectivity index (χ1) is 7.84. The highest BCUT2D eigenvalue weighted by Crippen LogP contribution is 2.32. The van der Waals surface area contributed by atoms with E-state index in [-0.39, 0.29) is 18.7 Å². The minimum Gasteiger partial charge on any atom is -0.351 e. The molecule has 3 N–H and O–H groups in total. The summed E-state index contributed by atoms with van der Waals surface area (Å²) in [6.45, 7) is -0.659. The molecule has 0 atom stereocenters. The van der Waals surface area contributed by atoms with E-state index in [0.717, 1.165) is 12.1 Å². The zero-order valence-electron chi connectivity index (χ0n) is 8.64. The van der Waals surface area contributed by atoms with Crippen LogP contribution < -0.4 is 11.1 Å². The Hall–Kier alpha value is -1.63. The van der Waals surface area contributed by atoms with E-state index in [9.17, 15) is 22.4 Å². The van der Waals surface area contributed by atoms with E-state index in [4.69, 9.17) is 5.73 Å². The van der Waals surface area contributed by atoms with Crippen molar-refractivity contribution in [1.29, 1.82) is 0 Å². The second-order valence-electron chi connectivity index (χ2n) is 3.28. The lowest BCUT2D eigenvalue weighted by Gasteiger charge is -2.13. The molecule has 7 heteroatoms. The van der Waals surface area contributed by atoms with Crippen LogP contribution in [0.15, 0.2) is 18.2 Å². The first kappa shape index (κ1) is 13.4. The minimum atomic E-state index is -4.66. The van der Waals surface area contributed by atoms with Crippen LogP contribution in [0.4, 0.5) is 17.6 Å². The summed E-state index contributed by atoms with van der Waals surface area (Å²) in [6, 6.07) is 2.28. The summed E-state index contributed by atoms with van der Waals surface area (Å²) >= 11 is 0. The summed E-state index contributed by atoms with van der Waals surface area (Å²) < 4.78 is 50.3. The number of rotatable bonds is 3. The lowest BCUT2D eigenvalue weighted by molar-refractivity contribution is -0.138. The van der Waals surface area contributed by atoms with E-state index < -0.39 is 23.5 Å². The van der Waals surface area contributed by atoms with Crippen LogP contribution in [-0.2, 0) is 17.5 Å². The Morgan fingerprint density at radius 1 is 1.35 bits per heavy atom. The third kappa shape index (κ3) is 3.70. The molecule has 0 bridgehead atoms. The average Bonchev–Trinajstić information content (AvgIpc) is 2.25. The molecule has 0 fully saturated rings. The van der Waals surface area contributed by atoms with Crippen LogP contribution in [0.5, 0.6) is 0 Å². The molecule has 0 unspecified atom stereocenters. The molecule has 1 aromatic carbocycles. The van der Waals surface area contributed by atoms with Gasteiger partial charge in [-0.05, 0) is 17.7 Å². The van der Waals surface area contributed by atoms with Crippen molar-refractivity contribution in [2.45, 2.75) is 12.7 Å². The second kappa shape index (κ2) is 5.13. The molecule has 0 saturated carbocycles. The maximum absolute atomic E-state index is 12.7. The van der Waals surface area contributed by atoms with Crippen molar-refractivity contribution in [3.63, 3.8) is 0 Å². The smallest absolute Gasteiger partial charge is 0.351 e. The van der Waals surface area contributed by atoms with Crippen molar-refractivity contribution in [1.82, 2.24) is 5.32 Å². The summed E-state index contributed by atoms with van der Waals surface area (Å²) in [5.74, 6) is -1.56. The summed E-state index contributed by atoms with van der Waals surface area (Å²) in [6.07, 6.45) is -4.66. The fourth-order valence-corrected chi connectivity index (χ4v) is 1.23. The largest absolute Gasteiger partial charge is 0.416 e. The highest BCUT2D eigenvalue weighted by molar-refractivity contribution is 5.77.